The fraction of sp³-hybridized carbons (Fsp3) is 0.769. The van der Waals surface area contributed by atoms with Gasteiger partial charge in [0.05, 0.1) is 5.69 Å². The Morgan fingerprint density at radius 1 is 1.06 bits per heavy atom. The van der Waals surface area contributed by atoms with Gasteiger partial charge < -0.3 is 5.73 Å². The van der Waals surface area contributed by atoms with Gasteiger partial charge in [-0.3, -0.25) is 0 Å². The normalized spacial score (nSPS) is 26.6. The minimum atomic E-state index is 0.772. The number of nitrogens with zero attached hydrogens (tertiary/aromatic N) is 1. The highest BCUT2D eigenvalue weighted by Crippen LogP contribution is 2.39. The van der Waals surface area contributed by atoms with E-state index in [9.17, 15) is 0 Å². The van der Waals surface area contributed by atoms with Crippen molar-refractivity contribution in [3.8, 4) is 0 Å². The molecule has 0 radical (unpaired) electrons. The van der Waals surface area contributed by atoms with Gasteiger partial charge in [0.25, 0.3) is 0 Å². The zero-order chi connectivity index (χ0) is 11.0. The molecule has 0 aliphatic heterocycles. The predicted octanol–water partition coefficient (Wildman–Crippen LogP) is 3.41. The summed E-state index contributed by atoms with van der Waals surface area (Å²) in [6, 6.07) is 0. The molecule has 3 heteroatoms. The molecule has 1 aromatic rings. The van der Waals surface area contributed by atoms with E-state index < -0.39 is 0 Å². The van der Waals surface area contributed by atoms with Gasteiger partial charge in [0.15, 0.2) is 5.13 Å². The van der Waals surface area contributed by atoms with Crippen LogP contribution in [0.5, 0.6) is 0 Å². The molecular weight excluding hydrogens is 216 g/mol. The summed E-state index contributed by atoms with van der Waals surface area (Å²) in [6.45, 7) is 0. The molecule has 88 valence electrons. The molecule has 16 heavy (non-hydrogen) atoms. The number of nitrogen functional groups attached to an aromatic ring is 1. The number of fused-ring (bicyclic) bond motifs is 1. The number of aromatic nitrogens is 1. The lowest BCUT2D eigenvalue weighted by atomic mass is 9.74. The van der Waals surface area contributed by atoms with Crippen molar-refractivity contribution in [2.24, 2.45) is 11.8 Å². The van der Waals surface area contributed by atoms with E-state index in [4.69, 9.17) is 5.73 Å². The Bertz CT molecular complexity index is 366. The Balaban J connectivity index is 1.71. The fourth-order valence-electron chi connectivity index (χ4n) is 3.43. The second-order valence-corrected chi connectivity index (χ2v) is 6.44. The Hall–Kier alpha value is -0.570. The number of aryl methyl sites for hydroxylation is 1. The van der Waals surface area contributed by atoms with Crippen molar-refractivity contribution >= 4 is 16.5 Å². The van der Waals surface area contributed by atoms with Crippen molar-refractivity contribution in [2.45, 2.75) is 51.4 Å². The molecule has 0 saturated heterocycles. The van der Waals surface area contributed by atoms with Crippen LogP contribution >= 0.6 is 11.3 Å². The molecule has 1 aromatic heterocycles. The smallest absolute Gasteiger partial charge is 0.180 e. The average molecular weight is 236 g/mol. The summed E-state index contributed by atoms with van der Waals surface area (Å²) < 4.78 is 0. The van der Waals surface area contributed by atoms with Crippen LogP contribution in [0.4, 0.5) is 5.13 Å². The van der Waals surface area contributed by atoms with Crippen molar-refractivity contribution in [3.05, 3.63) is 10.6 Å². The third-order valence-electron chi connectivity index (χ3n) is 4.31. The number of hydrogen-bond donors (Lipinski definition) is 1. The zero-order valence-corrected chi connectivity index (χ0v) is 10.6. The van der Waals surface area contributed by atoms with E-state index in [2.05, 4.69) is 4.98 Å². The van der Waals surface area contributed by atoms with Gasteiger partial charge in [0.1, 0.15) is 0 Å². The minimum absolute atomic E-state index is 0.772. The van der Waals surface area contributed by atoms with Gasteiger partial charge in [-0.25, -0.2) is 4.98 Å². The third kappa shape index (κ3) is 1.97. The molecule has 0 spiro atoms. The van der Waals surface area contributed by atoms with Gasteiger partial charge in [-0.1, -0.05) is 32.1 Å². The second-order valence-electron chi connectivity index (χ2n) is 5.32. The molecule has 0 aromatic carbocycles. The standard InChI is InChI=1S/C13H20N2S/c14-13-15-11-7-6-10(8-12(11)16-13)9-4-2-1-3-5-9/h9-10H,1-8H2,(H2,14,15). The zero-order valence-electron chi connectivity index (χ0n) is 9.74. The van der Waals surface area contributed by atoms with Crippen LogP contribution in [0.1, 0.15) is 49.1 Å². The van der Waals surface area contributed by atoms with Crippen LogP contribution in [-0.4, -0.2) is 4.98 Å². The molecule has 0 amide bonds. The van der Waals surface area contributed by atoms with Crippen molar-refractivity contribution in [3.63, 3.8) is 0 Å². The maximum Gasteiger partial charge on any atom is 0.180 e. The first-order valence-electron chi connectivity index (χ1n) is 6.57. The summed E-state index contributed by atoms with van der Waals surface area (Å²) in [4.78, 5) is 5.91. The van der Waals surface area contributed by atoms with Crippen molar-refractivity contribution in [2.75, 3.05) is 5.73 Å². The van der Waals surface area contributed by atoms with Crippen molar-refractivity contribution in [1.29, 1.82) is 0 Å². The molecule has 1 saturated carbocycles. The summed E-state index contributed by atoms with van der Waals surface area (Å²) in [5, 5.41) is 0.772. The van der Waals surface area contributed by atoms with Crippen LogP contribution in [0.25, 0.3) is 0 Å². The molecule has 2 aliphatic carbocycles. The third-order valence-corrected chi connectivity index (χ3v) is 5.26. The molecule has 2 N–H and O–H groups in total. The highest BCUT2D eigenvalue weighted by atomic mass is 32.1. The van der Waals surface area contributed by atoms with E-state index in [0.717, 1.165) is 17.0 Å². The van der Waals surface area contributed by atoms with Crippen molar-refractivity contribution < 1.29 is 0 Å². The molecule has 2 aliphatic rings. The van der Waals surface area contributed by atoms with Crippen LogP contribution < -0.4 is 5.73 Å². The summed E-state index contributed by atoms with van der Waals surface area (Å²) in [5.74, 6) is 1.91. The first kappa shape index (κ1) is 10.6. The monoisotopic (exact) mass is 236 g/mol. The molecule has 2 nitrogen and oxygen atoms in total. The van der Waals surface area contributed by atoms with E-state index in [1.54, 1.807) is 11.3 Å². The Morgan fingerprint density at radius 3 is 2.69 bits per heavy atom. The molecule has 0 bridgehead atoms. The molecule has 1 heterocycles. The number of anilines is 1. The van der Waals surface area contributed by atoms with Gasteiger partial charge in [0.2, 0.25) is 0 Å². The topological polar surface area (TPSA) is 38.9 Å². The number of hydrogen-bond acceptors (Lipinski definition) is 3. The summed E-state index contributed by atoms with van der Waals surface area (Å²) in [6.07, 6.45) is 11.1. The fourth-order valence-corrected chi connectivity index (χ4v) is 4.40. The van der Waals surface area contributed by atoms with Gasteiger partial charge in [-0.2, -0.15) is 0 Å². The first-order chi connectivity index (χ1) is 7.83. The van der Waals surface area contributed by atoms with Gasteiger partial charge in [-0.15, -0.1) is 11.3 Å². The molecule has 3 rings (SSSR count). The SMILES string of the molecule is Nc1nc2c(s1)CC(C1CCCCC1)CC2. The average Bonchev–Trinajstić information content (AvgIpc) is 2.69. The Labute approximate surface area is 101 Å². The first-order valence-corrected chi connectivity index (χ1v) is 7.38. The Morgan fingerprint density at radius 2 is 1.88 bits per heavy atom. The van der Waals surface area contributed by atoms with Crippen LogP contribution in [0, 0.1) is 11.8 Å². The Kier molecular flexibility index (Phi) is 2.88. The molecular formula is C13H20N2S. The number of rotatable bonds is 1. The van der Waals surface area contributed by atoms with Gasteiger partial charge in [-0.05, 0) is 31.1 Å². The van der Waals surface area contributed by atoms with Crippen LogP contribution in [0.3, 0.4) is 0 Å². The summed E-state index contributed by atoms with van der Waals surface area (Å²) in [5.41, 5.74) is 7.09. The number of thiazole rings is 1. The van der Waals surface area contributed by atoms with E-state index in [-0.39, 0.29) is 0 Å². The summed E-state index contributed by atoms with van der Waals surface area (Å²) in [7, 11) is 0. The molecule has 1 fully saturated rings. The van der Waals surface area contributed by atoms with Gasteiger partial charge in [0, 0.05) is 4.88 Å². The number of nitrogens with two attached hydrogens (primary N) is 1. The molecule has 1 atom stereocenters. The van der Waals surface area contributed by atoms with E-state index in [1.165, 1.54) is 61.9 Å². The van der Waals surface area contributed by atoms with Gasteiger partial charge >= 0.3 is 0 Å². The minimum Gasteiger partial charge on any atom is -0.375 e. The lowest BCUT2D eigenvalue weighted by molar-refractivity contribution is 0.228. The molecule has 1 unspecified atom stereocenters. The quantitative estimate of drug-likeness (QED) is 0.811. The van der Waals surface area contributed by atoms with E-state index >= 15 is 0 Å². The van der Waals surface area contributed by atoms with E-state index in [1.807, 2.05) is 0 Å². The maximum atomic E-state index is 5.79. The predicted molar refractivity (Wildman–Crippen MR) is 68.6 cm³/mol. The highest BCUT2D eigenvalue weighted by Gasteiger charge is 2.29. The lowest BCUT2D eigenvalue weighted by Crippen LogP contribution is -2.23. The largest absolute Gasteiger partial charge is 0.375 e. The highest BCUT2D eigenvalue weighted by molar-refractivity contribution is 7.15. The van der Waals surface area contributed by atoms with Crippen LogP contribution in [0.15, 0.2) is 0 Å². The van der Waals surface area contributed by atoms with Crippen molar-refractivity contribution in [1.82, 2.24) is 4.98 Å². The maximum absolute atomic E-state index is 5.79. The van der Waals surface area contributed by atoms with Crippen LogP contribution in [0.2, 0.25) is 0 Å². The second kappa shape index (κ2) is 4.36. The lowest BCUT2D eigenvalue weighted by Gasteiger charge is -2.32. The van der Waals surface area contributed by atoms with Crippen LogP contribution in [-0.2, 0) is 12.8 Å². The van der Waals surface area contributed by atoms with E-state index in [0.29, 0.717) is 0 Å². The summed E-state index contributed by atoms with van der Waals surface area (Å²) >= 11 is 1.72.